The van der Waals surface area contributed by atoms with Gasteiger partial charge in [-0.15, -0.1) is 4.90 Å². The highest BCUT2D eigenvalue weighted by Crippen LogP contribution is 2.32. The lowest BCUT2D eigenvalue weighted by Crippen LogP contribution is -2.52. The fourth-order valence-electron chi connectivity index (χ4n) is 3.71. The van der Waals surface area contributed by atoms with Crippen LogP contribution in [0, 0.1) is 17.8 Å². The van der Waals surface area contributed by atoms with Crippen molar-refractivity contribution in [2.75, 3.05) is 11.9 Å². The average Bonchev–Trinajstić information content (AvgIpc) is 2.77. The summed E-state index contributed by atoms with van der Waals surface area (Å²) in [5.41, 5.74) is 3.22. The molecule has 0 saturated heterocycles. The van der Waals surface area contributed by atoms with Crippen LogP contribution in [0.1, 0.15) is 24.5 Å². The fourth-order valence-corrected chi connectivity index (χ4v) is 3.97. The summed E-state index contributed by atoms with van der Waals surface area (Å²) < 4.78 is 1.55. The van der Waals surface area contributed by atoms with Gasteiger partial charge in [-0.2, -0.15) is 9.37 Å². The first-order valence-electron chi connectivity index (χ1n) is 9.75. The van der Waals surface area contributed by atoms with Crippen molar-refractivity contribution in [2.45, 2.75) is 13.3 Å². The minimum Gasteiger partial charge on any atom is -0.240 e. The van der Waals surface area contributed by atoms with Crippen molar-refractivity contribution in [3.8, 4) is 11.8 Å². The van der Waals surface area contributed by atoms with Gasteiger partial charge in [0.1, 0.15) is 11.3 Å². The van der Waals surface area contributed by atoms with Crippen LogP contribution in [0.2, 0.25) is 5.02 Å². The Labute approximate surface area is 180 Å². The average molecular weight is 416 g/mol. The van der Waals surface area contributed by atoms with Crippen LogP contribution in [0.15, 0.2) is 72.3 Å². The predicted molar refractivity (Wildman–Crippen MR) is 119 cm³/mol. The van der Waals surface area contributed by atoms with E-state index in [-0.39, 0.29) is 11.8 Å². The van der Waals surface area contributed by atoms with Crippen LogP contribution in [-0.4, -0.2) is 29.3 Å². The van der Waals surface area contributed by atoms with Gasteiger partial charge in [0.2, 0.25) is 0 Å². The van der Waals surface area contributed by atoms with Crippen molar-refractivity contribution >= 4 is 34.9 Å². The summed E-state index contributed by atoms with van der Waals surface area (Å²) in [5.74, 6) is 5.82. The fraction of sp³-hybridized carbons (Fsp3) is 0.160. The van der Waals surface area contributed by atoms with Gasteiger partial charge < -0.3 is 0 Å². The number of nitrogens with zero attached hydrogens (tertiary/aromatic N) is 2. The molecule has 4 nitrogen and oxygen atoms in total. The number of hydrogen-bond acceptors (Lipinski definition) is 2. The van der Waals surface area contributed by atoms with Gasteiger partial charge in [-0.05, 0) is 42.8 Å². The lowest BCUT2D eigenvalue weighted by Gasteiger charge is -2.27. The summed E-state index contributed by atoms with van der Waals surface area (Å²) in [6.45, 7) is 2.03. The van der Waals surface area contributed by atoms with Crippen molar-refractivity contribution < 1.29 is 14.2 Å². The number of carbonyl (C=O) groups excluding carboxylic acids is 2. The second-order valence-electron chi connectivity index (χ2n) is 7.13. The highest BCUT2D eigenvalue weighted by Gasteiger charge is 2.47. The predicted octanol–water partition coefficient (Wildman–Crippen LogP) is 4.81. The van der Waals surface area contributed by atoms with Gasteiger partial charge in [0.15, 0.2) is 5.69 Å². The number of allylic oxidation sites excluding steroid dienone is 3. The lowest BCUT2D eigenvalue weighted by molar-refractivity contribution is -0.394. The number of halogens is 1. The molecule has 0 fully saturated rings. The van der Waals surface area contributed by atoms with Crippen LogP contribution >= 0.6 is 11.6 Å². The minimum atomic E-state index is -0.411. The largest absolute Gasteiger partial charge is 0.506 e. The van der Waals surface area contributed by atoms with E-state index in [1.807, 2.05) is 49.4 Å². The number of imide groups is 1. The number of benzene rings is 2. The molecule has 2 aliphatic rings. The molecule has 1 atom stereocenters. The Hall–Kier alpha value is -3.42. The van der Waals surface area contributed by atoms with E-state index in [9.17, 15) is 9.59 Å². The molecule has 148 valence electrons. The summed E-state index contributed by atoms with van der Waals surface area (Å²) >= 11 is 6.48. The highest BCUT2D eigenvalue weighted by atomic mass is 35.5. The SMILES string of the molecule is CCC1C=CC=C2C(=O)N(c3ccc(C#Cc4ccccc4)cc3Cl)C(=O)[N+](C)=C21. The van der Waals surface area contributed by atoms with E-state index >= 15 is 0 Å². The summed E-state index contributed by atoms with van der Waals surface area (Å²) in [7, 11) is 1.69. The van der Waals surface area contributed by atoms with E-state index in [0.717, 1.165) is 22.6 Å². The second kappa shape index (κ2) is 8.14. The molecule has 1 unspecified atom stereocenters. The Morgan fingerprint density at radius 2 is 1.80 bits per heavy atom. The first kappa shape index (κ1) is 19.9. The Balaban J connectivity index is 1.70. The number of rotatable bonds is 2. The molecule has 4 rings (SSSR count). The third kappa shape index (κ3) is 3.49. The second-order valence-corrected chi connectivity index (χ2v) is 7.54. The molecule has 3 amide bonds. The van der Waals surface area contributed by atoms with Crippen LogP contribution in [0.5, 0.6) is 0 Å². The summed E-state index contributed by atoms with van der Waals surface area (Å²) in [5, 5.41) is 0.299. The Bertz CT molecular complexity index is 1200. The van der Waals surface area contributed by atoms with Crippen molar-refractivity contribution in [3.05, 3.63) is 88.5 Å². The molecule has 0 N–H and O–H groups in total. The Morgan fingerprint density at radius 3 is 2.50 bits per heavy atom. The van der Waals surface area contributed by atoms with E-state index in [2.05, 4.69) is 11.8 Å². The van der Waals surface area contributed by atoms with E-state index in [1.54, 1.807) is 35.9 Å². The maximum atomic E-state index is 13.2. The van der Waals surface area contributed by atoms with Gasteiger partial charge >= 0.3 is 11.9 Å². The van der Waals surface area contributed by atoms with Crippen LogP contribution in [0.3, 0.4) is 0 Å². The summed E-state index contributed by atoms with van der Waals surface area (Å²) in [6, 6.07) is 14.3. The molecule has 2 aromatic rings. The first-order chi connectivity index (χ1) is 14.5. The molecule has 0 radical (unpaired) electrons. The topological polar surface area (TPSA) is 40.4 Å². The normalized spacial score (nSPS) is 18.0. The molecule has 0 spiro atoms. The number of fused-ring (bicyclic) bond motifs is 1. The maximum absolute atomic E-state index is 13.2. The highest BCUT2D eigenvalue weighted by molar-refractivity contribution is 6.39. The van der Waals surface area contributed by atoms with Crippen LogP contribution in [0.4, 0.5) is 10.5 Å². The zero-order valence-corrected chi connectivity index (χ0v) is 17.5. The number of carbonyl (C=O) groups is 2. The summed E-state index contributed by atoms with van der Waals surface area (Å²) in [6.07, 6.45) is 6.45. The molecule has 5 heteroatoms. The third-order valence-corrected chi connectivity index (χ3v) is 5.56. The van der Waals surface area contributed by atoms with Crippen molar-refractivity contribution in [3.63, 3.8) is 0 Å². The van der Waals surface area contributed by atoms with E-state index < -0.39 is 6.03 Å². The molecule has 0 saturated carbocycles. The van der Waals surface area contributed by atoms with Crippen LogP contribution in [0.25, 0.3) is 0 Å². The minimum absolute atomic E-state index is 0.0381. The molecule has 0 aromatic heterocycles. The smallest absolute Gasteiger partial charge is 0.240 e. The van der Waals surface area contributed by atoms with Gasteiger partial charge in [0, 0.05) is 17.0 Å². The number of hydrogen-bond donors (Lipinski definition) is 0. The lowest BCUT2D eigenvalue weighted by atomic mass is 9.87. The van der Waals surface area contributed by atoms with E-state index in [1.165, 1.54) is 0 Å². The zero-order chi connectivity index (χ0) is 21.3. The van der Waals surface area contributed by atoms with Gasteiger partial charge in [0.25, 0.3) is 0 Å². The summed E-state index contributed by atoms with van der Waals surface area (Å²) in [4.78, 5) is 27.4. The van der Waals surface area contributed by atoms with Crippen LogP contribution in [-0.2, 0) is 4.79 Å². The maximum Gasteiger partial charge on any atom is 0.506 e. The molecule has 1 aliphatic heterocycles. The molecule has 1 aliphatic carbocycles. The molecule has 0 bridgehead atoms. The van der Waals surface area contributed by atoms with Gasteiger partial charge in [-0.1, -0.05) is 60.7 Å². The Kier molecular flexibility index (Phi) is 5.39. The molecule has 30 heavy (non-hydrogen) atoms. The first-order valence-corrected chi connectivity index (χ1v) is 10.1. The van der Waals surface area contributed by atoms with Crippen molar-refractivity contribution in [1.29, 1.82) is 0 Å². The third-order valence-electron chi connectivity index (χ3n) is 5.26. The molecular weight excluding hydrogens is 396 g/mol. The monoisotopic (exact) mass is 415 g/mol. The van der Waals surface area contributed by atoms with E-state index in [0.29, 0.717) is 21.8 Å². The molecule has 1 heterocycles. The standard InChI is InChI=1S/C25H20ClN2O2/c1-3-19-10-7-11-20-23(19)27(2)25(30)28(24(20)29)22-15-14-18(16-21(22)26)13-12-17-8-5-4-6-9-17/h4-11,14-16,19H,3H2,1-2H3/q+1. The number of amides is 3. The van der Waals surface area contributed by atoms with E-state index in [4.69, 9.17) is 11.6 Å². The van der Waals surface area contributed by atoms with Gasteiger partial charge in [-0.25, -0.2) is 4.79 Å². The van der Waals surface area contributed by atoms with Gasteiger partial charge in [0.05, 0.1) is 12.1 Å². The van der Waals surface area contributed by atoms with Crippen molar-refractivity contribution in [2.24, 2.45) is 5.92 Å². The molecular formula is C25H20ClN2O2+. The Morgan fingerprint density at radius 1 is 1.07 bits per heavy atom. The quantitative estimate of drug-likeness (QED) is 0.521. The van der Waals surface area contributed by atoms with Crippen LogP contribution < -0.4 is 4.90 Å². The zero-order valence-electron chi connectivity index (χ0n) is 16.7. The van der Waals surface area contributed by atoms with Crippen molar-refractivity contribution in [1.82, 2.24) is 0 Å². The molecule has 2 aromatic carbocycles. The number of anilines is 1. The van der Waals surface area contributed by atoms with Gasteiger partial charge in [-0.3, -0.25) is 0 Å². The number of urea groups is 1.